The van der Waals surface area contributed by atoms with Crippen molar-refractivity contribution in [2.45, 2.75) is 52.6 Å². The maximum atomic E-state index is 12.3. The molecule has 0 saturated carbocycles. The lowest BCUT2D eigenvalue weighted by Crippen LogP contribution is -2.52. The number of nitrogens with one attached hydrogen (secondary N) is 3. The van der Waals surface area contributed by atoms with E-state index in [0.717, 1.165) is 0 Å². The molecule has 0 spiro atoms. The van der Waals surface area contributed by atoms with Crippen LogP contribution in [0.2, 0.25) is 0 Å². The molecule has 0 heterocycles. The van der Waals surface area contributed by atoms with Crippen LogP contribution >= 0.6 is 0 Å². The Morgan fingerprint density at radius 1 is 1.29 bits per heavy atom. The van der Waals surface area contributed by atoms with Gasteiger partial charge in [0.2, 0.25) is 5.91 Å². The van der Waals surface area contributed by atoms with Crippen LogP contribution in [0.5, 0.6) is 0 Å². The van der Waals surface area contributed by atoms with Gasteiger partial charge in [0, 0.05) is 7.92 Å². The molecule has 0 aliphatic rings. The van der Waals surface area contributed by atoms with E-state index < -0.39 is 12.1 Å². The molecule has 0 rings (SSSR count). The summed E-state index contributed by atoms with van der Waals surface area (Å²) < 4.78 is 7.20. The first-order valence-electron chi connectivity index (χ1n) is 7.93. The molecule has 0 aliphatic carbocycles. The molecule has 21 heavy (non-hydrogen) atoms. The average Bonchev–Trinajstić information content (AvgIpc) is 2.46. The summed E-state index contributed by atoms with van der Waals surface area (Å²) >= 11 is 0. The van der Waals surface area contributed by atoms with Gasteiger partial charge in [0.05, 0.1) is 12.1 Å². The van der Waals surface area contributed by atoms with E-state index in [0.29, 0.717) is 25.9 Å². The monoisotopic (exact) mass is 301 g/mol. The van der Waals surface area contributed by atoms with Crippen molar-refractivity contribution < 1.29 is 15.8 Å². The van der Waals surface area contributed by atoms with E-state index in [1.54, 1.807) is 0 Å². The molecule has 2 atom stereocenters. The highest BCUT2D eigenvalue weighted by Crippen LogP contribution is 2.04. The third-order valence-corrected chi connectivity index (χ3v) is 3.05. The second kappa shape index (κ2) is 10.1. The number of Topliss-reactive ketones (excluding diaryl/α,β-unsaturated/α-hetero) is 1. The number of hydrogen-bond donors (Lipinski definition) is 4. The van der Waals surface area contributed by atoms with E-state index in [2.05, 4.69) is 16.0 Å². The molecule has 0 fully saturated rings. The van der Waals surface area contributed by atoms with Gasteiger partial charge in [0.1, 0.15) is 0 Å². The van der Waals surface area contributed by atoms with Crippen LogP contribution in [0.3, 0.4) is 0 Å². The molecule has 0 bridgehead atoms. The van der Waals surface area contributed by atoms with Crippen LogP contribution in [0.4, 0.5) is 4.79 Å². The molecule has 122 valence electrons. The van der Waals surface area contributed by atoms with Crippen molar-refractivity contribution in [3.05, 3.63) is 0 Å². The number of rotatable bonds is 10. The van der Waals surface area contributed by atoms with Crippen molar-refractivity contribution in [1.29, 1.82) is 0 Å². The first-order chi connectivity index (χ1) is 10.3. The van der Waals surface area contributed by atoms with Crippen molar-refractivity contribution in [2.75, 3.05) is 13.1 Å². The number of amides is 3. The molecule has 0 aromatic heterocycles. The minimum absolute atomic E-state index is 0.0863. The third kappa shape index (κ3) is 8.29. The highest BCUT2D eigenvalue weighted by atomic mass is 16.2. The Labute approximate surface area is 127 Å². The minimum Gasteiger partial charge on any atom is -0.352 e. The normalized spacial score (nSPS) is 14.2. The van der Waals surface area contributed by atoms with Crippen LogP contribution in [0, 0.1) is 5.92 Å². The summed E-state index contributed by atoms with van der Waals surface area (Å²) in [7, 11) is 0. The molecule has 0 radical (unpaired) electrons. The molecule has 0 saturated heterocycles. The number of hydrogen-bond acceptors (Lipinski definition) is 4. The number of likely N-dealkylation sites (N-methyl/N-ethyl adjacent to an activating group) is 1. The van der Waals surface area contributed by atoms with E-state index in [-0.39, 0.29) is 30.5 Å². The van der Waals surface area contributed by atoms with E-state index in [9.17, 15) is 14.4 Å². The van der Waals surface area contributed by atoms with Gasteiger partial charge in [-0.1, -0.05) is 20.8 Å². The largest absolute Gasteiger partial charge is 0.352 e. The zero-order chi connectivity index (χ0) is 17.1. The standard InChI is InChI=1S/C14H28N4O3/c1-5-16-12(9(2)3)13(20)18-11(10(4)19)7-6-8-17-14(15)21/h9,11-12,16H,5-8H2,1-4H3,(H,18,20)(H3,15,17,21)/t11-,12?/m0/s1/i4D. The van der Waals surface area contributed by atoms with Crippen molar-refractivity contribution >= 4 is 17.7 Å². The zero-order valence-electron chi connectivity index (χ0n) is 14.1. The zero-order valence-corrected chi connectivity index (χ0v) is 13.1. The fraction of sp³-hybridized carbons (Fsp3) is 0.786. The Kier molecular flexibility index (Phi) is 8.42. The van der Waals surface area contributed by atoms with Crippen LogP contribution in [0.1, 0.15) is 41.9 Å². The molecule has 3 amide bonds. The van der Waals surface area contributed by atoms with Gasteiger partial charge < -0.3 is 21.7 Å². The van der Waals surface area contributed by atoms with Gasteiger partial charge in [-0.05, 0) is 32.2 Å². The summed E-state index contributed by atoms with van der Waals surface area (Å²) in [4.78, 5) is 34.6. The molecule has 5 N–H and O–H groups in total. The molecule has 7 nitrogen and oxygen atoms in total. The van der Waals surface area contributed by atoms with Crippen molar-refractivity contribution in [2.24, 2.45) is 11.7 Å². The van der Waals surface area contributed by atoms with Gasteiger partial charge in [-0.3, -0.25) is 9.59 Å². The topological polar surface area (TPSA) is 113 Å². The number of ketones is 1. The first-order valence-corrected chi connectivity index (χ1v) is 7.22. The van der Waals surface area contributed by atoms with Gasteiger partial charge in [-0.15, -0.1) is 0 Å². The molecule has 0 aromatic rings. The Morgan fingerprint density at radius 2 is 1.95 bits per heavy atom. The number of carbonyl (C=O) groups is 3. The Hall–Kier alpha value is -1.63. The highest BCUT2D eigenvalue weighted by Gasteiger charge is 2.25. The van der Waals surface area contributed by atoms with E-state index in [1.807, 2.05) is 20.8 Å². The summed E-state index contributed by atoms with van der Waals surface area (Å²) in [5.41, 5.74) is 4.96. The first kappa shape index (κ1) is 17.4. The lowest BCUT2D eigenvalue weighted by atomic mass is 10.0. The van der Waals surface area contributed by atoms with Gasteiger partial charge in [-0.25, -0.2) is 4.79 Å². The Bertz CT molecular complexity index is 377. The molecular formula is C14H28N4O3. The fourth-order valence-corrected chi connectivity index (χ4v) is 1.94. The highest BCUT2D eigenvalue weighted by molar-refractivity contribution is 5.89. The van der Waals surface area contributed by atoms with Crippen LogP contribution in [0.25, 0.3) is 0 Å². The second-order valence-electron chi connectivity index (χ2n) is 5.24. The van der Waals surface area contributed by atoms with Crippen molar-refractivity contribution in [1.82, 2.24) is 16.0 Å². The molecule has 0 aliphatic heterocycles. The summed E-state index contributed by atoms with van der Waals surface area (Å²) in [6, 6.07) is -1.71. The number of nitrogens with two attached hydrogens (primary N) is 1. The van der Waals surface area contributed by atoms with Gasteiger partial charge in [0.15, 0.2) is 5.78 Å². The van der Waals surface area contributed by atoms with E-state index in [4.69, 9.17) is 7.10 Å². The Balaban J connectivity index is 4.59. The van der Waals surface area contributed by atoms with Crippen LogP contribution in [0.15, 0.2) is 0 Å². The van der Waals surface area contributed by atoms with E-state index in [1.165, 1.54) is 0 Å². The molecular weight excluding hydrogens is 272 g/mol. The summed E-state index contributed by atoms with van der Waals surface area (Å²) in [5.74, 6) is -0.499. The second-order valence-corrected chi connectivity index (χ2v) is 5.24. The number of urea groups is 1. The smallest absolute Gasteiger partial charge is 0.312 e. The summed E-state index contributed by atoms with van der Waals surface area (Å²) in [6.07, 6.45) is 0.855. The summed E-state index contributed by atoms with van der Waals surface area (Å²) in [5, 5.41) is 8.22. The predicted octanol–water partition coefficient (Wildman–Crippen LogP) is 0.143. The minimum atomic E-state index is -0.709. The fourth-order valence-electron chi connectivity index (χ4n) is 1.94. The molecule has 7 heteroatoms. The number of primary amides is 1. The van der Waals surface area contributed by atoms with Crippen molar-refractivity contribution in [3.8, 4) is 0 Å². The van der Waals surface area contributed by atoms with Crippen LogP contribution in [-0.2, 0) is 9.59 Å². The maximum absolute atomic E-state index is 12.3. The van der Waals surface area contributed by atoms with Gasteiger partial charge >= 0.3 is 6.03 Å². The lowest BCUT2D eigenvalue weighted by Gasteiger charge is -2.24. The Morgan fingerprint density at radius 3 is 2.43 bits per heavy atom. The lowest BCUT2D eigenvalue weighted by molar-refractivity contribution is -0.129. The van der Waals surface area contributed by atoms with Crippen molar-refractivity contribution in [3.63, 3.8) is 0 Å². The van der Waals surface area contributed by atoms with Gasteiger partial charge in [0.25, 0.3) is 0 Å². The average molecular weight is 301 g/mol. The maximum Gasteiger partial charge on any atom is 0.312 e. The summed E-state index contributed by atoms with van der Waals surface area (Å²) in [6.45, 7) is 6.34. The quantitative estimate of drug-likeness (QED) is 0.430. The van der Waals surface area contributed by atoms with E-state index >= 15 is 0 Å². The number of carbonyl (C=O) groups excluding carboxylic acids is 3. The van der Waals surface area contributed by atoms with Crippen LogP contribution in [-0.4, -0.2) is 42.9 Å². The molecule has 0 aromatic carbocycles. The third-order valence-electron chi connectivity index (χ3n) is 3.05. The molecule has 1 unspecified atom stereocenters. The van der Waals surface area contributed by atoms with Gasteiger partial charge in [-0.2, -0.15) is 0 Å². The SMILES string of the molecule is [2H]CC(=O)[C@H](CCCNC(N)=O)NC(=O)C(NCC)C(C)C. The van der Waals surface area contributed by atoms with Crippen LogP contribution < -0.4 is 21.7 Å². The predicted molar refractivity (Wildman–Crippen MR) is 81.7 cm³/mol.